The van der Waals surface area contributed by atoms with Gasteiger partial charge < -0.3 is 154 Å². The zero-order chi connectivity index (χ0) is 28.4. The Morgan fingerprint density at radius 2 is 0.479 bits per heavy atom. The summed E-state index contributed by atoms with van der Waals surface area (Å²) in [6.45, 7) is 3.43. The highest BCUT2D eigenvalue weighted by Gasteiger charge is 2.36. The molecule has 498 valence electrons. The lowest BCUT2D eigenvalue weighted by atomic mass is 10.4. The van der Waals surface area contributed by atoms with Gasteiger partial charge in [-0.3, -0.25) is 0 Å². The first-order valence-electron chi connectivity index (χ1n) is 12.1. The molecule has 0 saturated carbocycles. The highest BCUT2D eigenvalue weighted by Crippen LogP contribution is 2.14. The predicted molar refractivity (Wildman–Crippen MR) is 399 cm³/mol. The van der Waals surface area contributed by atoms with Gasteiger partial charge >= 0.3 is 17.6 Å². The van der Waals surface area contributed by atoms with Crippen LogP contribution in [-0.2, 0) is 41.7 Å². The Morgan fingerprint density at radius 3 is 0.648 bits per heavy atom. The van der Waals surface area contributed by atoms with Gasteiger partial charge in [-0.15, -0.1) is 0 Å². The van der Waals surface area contributed by atoms with Gasteiger partial charge in [-0.2, -0.15) is 0 Å². The van der Waals surface area contributed by atoms with E-state index in [1.165, 1.54) is 0 Å². The molecule has 0 aliphatic rings. The first-order valence-corrected chi connectivity index (χ1v) is 16.0. The summed E-state index contributed by atoms with van der Waals surface area (Å²) in [5.74, 6) is 0. The first-order chi connectivity index (χ1) is 17.6. The summed E-state index contributed by atoms with van der Waals surface area (Å²) in [5, 5.41) is 19.0. The summed E-state index contributed by atoms with van der Waals surface area (Å²) in [7, 11) is 1.47. The molecule has 0 amide bonds. The molecule has 2 atom stereocenters. The minimum atomic E-state index is -3.95. The molecular formula is C21H154O30Si20. The van der Waals surface area contributed by atoms with Gasteiger partial charge in [-0.1, -0.05) is 0 Å². The van der Waals surface area contributed by atoms with E-state index in [-0.39, 0.29) is 324 Å². The van der Waals surface area contributed by atoms with Crippen molar-refractivity contribution in [3.05, 3.63) is 0 Å². The lowest BCUT2D eigenvalue weighted by Gasteiger charge is -2.24. The molecule has 37 N–H and O–H groups in total. The van der Waals surface area contributed by atoms with Gasteiger partial charge in [0.05, 0.1) is 52.9 Å². The molecule has 2 unspecified atom stereocenters. The molecule has 0 aliphatic heterocycles. The van der Waals surface area contributed by atoms with Gasteiger partial charge in [0.2, 0.25) is 0 Å². The second-order valence-electron chi connectivity index (χ2n) is 7.87. The van der Waals surface area contributed by atoms with E-state index in [0.717, 1.165) is 6.42 Å². The van der Waals surface area contributed by atoms with E-state index >= 15 is 0 Å². The summed E-state index contributed by atoms with van der Waals surface area (Å²) in [4.78, 5) is 26.1. The van der Waals surface area contributed by atoms with E-state index < -0.39 is 29.8 Å². The van der Waals surface area contributed by atoms with E-state index in [9.17, 15) is 10.2 Å². The van der Waals surface area contributed by atoms with Crippen molar-refractivity contribution in [3.8, 4) is 0 Å². The molecule has 0 radical (unpaired) electrons. The van der Waals surface area contributed by atoms with Crippen LogP contribution in [0.1, 0.15) is 12.8 Å². The molecule has 0 bridgehead atoms. The number of methoxy groups -OCH3 is 2. The molecule has 0 aromatic carbocycles. The maximum Gasteiger partial charge on any atom is 0.500 e. The predicted octanol–water partition coefficient (Wildman–Crippen LogP) is -40.7. The number of rotatable bonds is 25. The highest BCUT2D eigenvalue weighted by atomic mass is 28.4. The van der Waals surface area contributed by atoms with Crippen molar-refractivity contribution in [1.82, 2.24) is 0 Å². The SMILES string of the molecule is COCCOCC(O)COCCC[Si](O)(O)O.COCCOCC(O)COCCC[Si](OC)(OC)OC.O.O.O.O.O.O.O.O.O.O.O.O.O.O.O.O.[SiH4].[SiH4].[SiH4].[SiH4].[SiH4].[SiH4].[SiH4].[SiH4].[SiH4].[SiH4].[SiH4].[SiH4].[SiH4].[SiH4].[SiH4].[SiH4].[SiH4].[SiH4]. The van der Waals surface area contributed by atoms with Gasteiger partial charge in [0.1, 0.15) is 12.2 Å². The second kappa shape index (κ2) is 195. The zero-order valence-corrected chi connectivity index (χ0v) is 33.0. The van der Waals surface area contributed by atoms with E-state index in [2.05, 4.69) is 0 Å². The highest BCUT2D eigenvalue weighted by molar-refractivity contribution is 6.60. The van der Waals surface area contributed by atoms with Gasteiger partial charge in [0.15, 0.2) is 0 Å². The fourth-order valence-corrected chi connectivity index (χ4v) is 4.92. The van der Waals surface area contributed by atoms with Crippen molar-refractivity contribution >= 4 is 215 Å². The van der Waals surface area contributed by atoms with Crippen LogP contribution in [0, 0.1) is 0 Å². The summed E-state index contributed by atoms with van der Waals surface area (Å²) >= 11 is 0. The van der Waals surface area contributed by atoms with Crippen LogP contribution in [0.4, 0.5) is 0 Å². The van der Waals surface area contributed by atoms with E-state index in [0.29, 0.717) is 45.5 Å². The molecule has 0 aliphatic carbocycles. The van der Waals surface area contributed by atoms with E-state index in [1.54, 1.807) is 35.5 Å². The van der Waals surface area contributed by atoms with Crippen LogP contribution in [0.15, 0.2) is 0 Å². The molecule has 0 aromatic rings. The third-order valence-electron chi connectivity index (χ3n) is 4.61. The summed E-state index contributed by atoms with van der Waals surface area (Å²) < 4.78 is 46.2. The molecular weight excluding hydrogens is 1290 g/mol. The maximum atomic E-state index is 9.59. The van der Waals surface area contributed by atoms with Crippen LogP contribution in [0.5, 0.6) is 0 Å². The summed E-state index contributed by atoms with van der Waals surface area (Å²) in [5.41, 5.74) is 0. The van der Waals surface area contributed by atoms with Gasteiger partial charge in [0, 0.05) is 60.9 Å². The molecule has 0 fully saturated rings. The Hall–Kier alpha value is 3.14. The van der Waals surface area contributed by atoms with Crippen molar-refractivity contribution in [3.63, 3.8) is 0 Å². The molecule has 0 spiro atoms. The average molecular weight is 1450 g/mol. The molecule has 0 rings (SSSR count). The lowest BCUT2D eigenvalue weighted by molar-refractivity contribution is -0.0285. The largest absolute Gasteiger partial charge is 0.500 e. The van der Waals surface area contributed by atoms with Crippen LogP contribution < -0.4 is 0 Å². The summed E-state index contributed by atoms with van der Waals surface area (Å²) in [6, 6.07) is 0.615. The van der Waals surface area contributed by atoms with Crippen molar-refractivity contribution in [2.75, 3.05) is 102 Å². The fraction of sp³-hybridized carbons (Fsp3) is 1.00. The Balaban J connectivity index is -0.00000000689. The van der Waals surface area contributed by atoms with Gasteiger partial charge in [-0.25, -0.2) is 0 Å². The lowest BCUT2D eigenvalue weighted by Crippen LogP contribution is -2.42. The number of hydrogen-bond acceptors (Lipinski definition) is 14. The fourth-order valence-electron chi connectivity index (χ4n) is 2.62. The Kier molecular flexibility index (Phi) is 750. The minimum absolute atomic E-state index is 0. The third-order valence-corrected chi connectivity index (χ3v) is 8.47. The van der Waals surface area contributed by atoms with Crippen molar-refractivity contribution in [2.45, 2.75) is 37.1 Å². The van der Waals surface area contributed by atoms with Crippen LogP contribution in [0.25, 0.3) is 0 Å². The number of ether oxygens (including phenoxy) is 6. The van der Waals surface area contributed by atoms with Crippen molar-refractivity contribution in [1.29, 1.82) is 0 Å². The zero-order valence-electron chi connectivity index (χ0n) is 31.0. The third kappa shape index (κ3) is 208. The molecule has 50 heteroatoms. The van der Waals surface area contributed by atoms with E-state index in [4.69, 9.17) is 56.1 Å². The van der Waals surface area contributed by atoms with Crippen molar-refractivity contribution in [2.24, 2.45) is 0 Å². The molecule has 30 nitrogen and oxygen atoms in total. The van der Waals surface area contributed by atoms with Crippen LogP contribution >= 0.6 is 0 Å². The molecule has 0 saturated heterocycles. The number of aliphatic hydroxyl groups excluding tert-OH is 2. The van der Waals surface area contributed by atoms with Crippen LogP contribution in [0.3, 0.4) is 0 Å². The quantitative estimate of drug-likeness (QED) is 0.0419. The van der Waals surface area contributed by atoms with E-state index in [1.807, 2.05) is 0 Å². The second-order valence-corrected chi connectivity index (χ2v) is 13.0. The molecule has 71 heavy (non-hydrogen) atoms. The number of hydrogen-bond donors (Lipinski definition) is 5. The monoisotopic (exact) mass is 1450 g/mol. The topological polar surface area (TPSA) is 688 Å². The normalized spacial score (nSPS) is 7.18. The first kappa shape index (κ1) is 273. The maximum absolute atomic E-state index is 9.59. The Labute approximate surface area is 504 Å². The minimum Gasteiger partial charge on any atom is -0.412 e. The van der Waals surface area contributed by atoms with Crippen LogP contribution in [0.2, 0.25) is 12.1 Å². The van der Waals surface area contributed by atoms with Crippen molar-refractivity contribution < 1.29 is 154 Å². The molecule has 0 aromatic heterocycles. The summed E-state index contributed by atoms with van der Waals surface area (Å²) in [6.07, 6.45) is -0.251. The molecule has 0 heterocycles. The van der Waals surface area contributed by atoms with Gasteiger partial charge in [-0.05, 0) is 210 Å². The Bertz CT molecular complexity index is 526. The van der Waals surface area contributed by atoms with Gasteiger partial charge in [0.25, 0.3) is 0 Å². The average Bonchev–Trinajstić information content (AvgIpc) is 2.86. The standard InChI is InChI=1S/C12H28O7Si.C9H22O7Si.16H2O.18H4Si/c1-14-7-8-19-11-12(13)10-18-6-5-9-20(15-2,16-3)17-4;1-14-4-5-16-8-9(10)7-15-3-2-6-17(11,12)13;;;;;;;;;;;;;;;;;;;;;;;;;;;;;;;;;;/h12-13H,5-11H2,1-4H3;9-13H,2-8H2,1H3;16*1H2;18*1H4. The van der Waals surface area contributed by atoms with Crippen LogP contribution in [-0.4, -0.2) is 441 Å². The smallest absolute Gasteiger partial charge is 0.412 e. The number of aliphatic hydroxyl groups is 2. The Morgan fingerprint density at radius 1 is 0.296 bits per heavy atom.